The van der Waals surface area contributed by atoms with Gasteiger partial charge >= 0.3 is 6.01 Å². The number of rotatable bonds is 5. The number of nitrogens with two attached hydrogens (primary N) is 1. The summed E-state index contributed by atoms with van der Waals surface area (Å²) in [7, 11) is 0. The molecule has 1 saturated carbocycles. The zero-order valence-corrected chi connectivity index (χ0v) is 23.0. The van der Waals surface area contributed by atoms with Crippen LogP contribution in [0.4, 0.5) is 24.1 Å². The number of alkyl halides is 1. The number of anilines is 2. The third-order valence-electron chi connectivity index (χ3n) is 8.89. The van der Waals surface area contributed by atoms with Crippen molar-refractivity contribution in [2.24, 2.45) is 0 Å². The molecule has 13 heteroatoms. The first kappa shape index (κ1) is 25.4. The Morgan fingerprint density at radius 3 is 2.95 bits per heavy atom. The van der Waals surface area contributed by atoms with E-state index in [1.54, 1.807) is 6.20 Å². The maximum absolute atomic E-state index is 16.5. The lowest BCUT2D eigenvalue weighted by molar-refractivity contribution is 0.107. The van der Waals surface area contributed by atoms with Crippen LogP contribution >= 0.6 is 11.3 Å². The maximum atomic E-state index is 16.5. The van der Waals surface area contributed by atoms with E-state index in [9.17, 15) is 8.78 Å². The summed E-state index contributed by atoms with van der Waals surface area (Å²) in [6, 6.07) is 2.89. The van der Waals surface area contributed by atoms with Gasteiger partial charge in [-0.15, -0.1) is 0 Å². The number of aromatic nitrogens is 4. The predicted octanol–water partition coefficient (Wildman–Crippen LogP) is 4.48. The Hall–Kier alpha value is -3.29. The van der Waals surface area contributed by atoms with E-state index >= 15 is 4.39 Å². The lowest BCUT2D eigenvalue weighted by Gasteiger charge is -2.31. The van der Waals surface area contributed by atoms with Crippen molar-refractivity contribution >= 4 is 43.4 Å². The van der Waals surface area contributed by atoms with Gasteiger partial charge in [0.05, 0.1) is 33.3 Å². The van der Waals surface area contributed by atoms with Gasteiger partial charge in [0.15, 0.2) is 10.9 Å². The first-order valence-electron chi connectivity index (χ1n) is 14.0. The van der Waals surface area contributed by atoms with E-state index in [0.717, 1.165) is 43.6 Å². The van der Waals surface area contributed by atoms with Gasteiger partial charge in [0.1, 0.15) is 35.6 Å². The summed E-state index contributed by atoms with van der Waals surface area (Å²) in [5, 5.41) is 0.630. The highest BCUT2D eigenvalue weighted by Crippen LogP contribution is 2.43. The minimum Gasteiger partial charge on any atom is -0.461 e. The number of nitrogens with zero attached hydrogens (tertiary/aromatic N) is 6. The molecule has 4 aliphatic rings. The molecule has 4 fully saturated rings. The molecule has 0 bridgehead atoms. The number of nitrogen functional groups attached to an aromatic ring is 1. The summed E-state index contributed by atoms with van der Waals surface area (Å²) in [5.74, 6) is -0.623. The maximum Gasteiger partial charge on any atom is 0.319 e. The van der Waals surface area contributed by atoms with E-state index in [1.165, 1.54) is 12.1 Å². The minimum absolute atomic E-state index is 0.0106. The average molecular weight is 584 g/mol. The van der Waals surface area contributed by atoms with Gasteiger partial charge < -0.3 is 20.1 Å². The van der Waals surface area contributed by atoms with Crippen molar-refractivity contribution in [3.05, 3.63) is 30.0 Å². The number of benzene rings is 1. The van der Waals surface area contributed by atoms with Gasteiger partial charge in [0, 0.05) is 37.9 Å². The summed E-state index contributed by atoms with van der Waals surface area (Å²) in [6.07, 6.45) is 4.66. The molecule has 41 heavy (non-hydrogen) atoms. The Morgan fingerprint density at radius 1 is 1.15 bits per heavy atom. The van der Waals surface area contributed by atoms with Gasteiger partial charge in [-0.2, -0.15) is 9.97 Å². The van der Waals surface area contributed by atoms with Crippen molar-refractivity contribution < 1.29 is 22.6 Å². The lowest BCUT2D eigenvalue weighted by Crippen LogP contribution is -2.43. The molecule has 4 atom stereocenters. The Morgan fingerprint density at radius 2 is 2.05 bits per heavy atom. The molecule has 3 saturated heterocycles. The van der Waals surface area contributed by atoms with Crippen molar-refractivity contribution in [2.45, 2.75) is 56.0 Å². The van der Waals surface area contributed by atoms with E-state index in [2.05, 4.69) is 24.8 Å². The van der Waals surface area contributed by atoms with Gasteiger partial charge in [-0.05, 0) is 44.4 Å². The second kappa shape index (κ2) is 9.36. The standard InChI is InChI=1S/C28H28F3N7O2S/c29-14-10-28(5-1-6-37(28)12-14)13-40-27-35-22-16(25(36-27)38-7-2-8-39-19-9-18(19)38)11-33-21(20(22)31)15-3-4-17(30)24-23(15)34-26(32)41-24/h3-4,11,14,18-19H,1-2,5-10,12-13H2,(H2,32,34)/t14-,18?,19?,28+/m1/s1. The smallest absolute Gasteiger partial charge is 0.319 e. The monoisotopic (exact) mass is 583 g/mol. The highest BCUT2D eigenvalue weighted by atomic mass is 32.1. The highest BCUT2D eigenvalue weighted by molar-refractivity contribution is 7.22. The Bertz CT molecular complexity index is 1690. The third kappa shape index (κ3) is 4.11. The summed E-state index contributed by atoms with van der Waals surface area (Å²) in [6.45, 7) is 2.81. The lowest BCUT2D eigenvalue weighted by atomic mass is 9.95. The fourth-order valence-corrected chi connectivity index (χ4v) is 7.65. The molecule has 6 heterocycles. The minimum atomic E-state index is -0.894. The third-order valence-corrected chi connectivity index (χ3v) is 9.78. The molecule has 0 spiro atoms. The van der Waals surface area contributed by atoms with Gasteiger partial charge in [-0.3, -0.25) is 9.88 Å². The second-order valence-electron chi connectivity index (χ2n) is 11.5. The summed E-state index contributed by atoms with van der Waals surface area (Å²) in [4.78, 5) is 22.3. The zero-order valence-electron chi connectivity index (χ0n) is 22.2. The molecule has 1 aliphatic carbocycles. The van der Waals surface area contributed by atoms with Gasteiger partial charge in [-0.1, -0.05) is 11.3 Å². The molecule has 8 rings (SSSR count). The van der Waals surface area contributed by atoms with Crippen molar-refractivity contribution in [1.82, 2.24) is 24.8 Å². The number of pyridine rings is 1. The largest absolute Gasteiger partial charge is 0.461 e. The molecule has 3 aliphatic heterocycles. The van der Waals surface area contributed by atoms with Crippen molar-refractivity contribution in [2.75, 3.05) is 43.5 Å². The molecule has 9 nitrogen and oxygen atoms in total. The summed E-state index contributed by atoms with van der Waals surface area (Å²) >= 11 is 1.000. The van der Waals surface area contributed by atoms with Crippen LogP contribution in [0.15, 0.2) is 18.3 Å². The molecule has 2 unspecified atom stereocenters. The van der Waals surface area contributed by atoms with Crippen molar-refractivity contribution in [1.29, 1.82) is 0 Å². The predicted molar refractivity (Wildman–Crippen MR) is 149 cm³/mol. The van der Waals surface area contributed by atoms with Crippen LogP contribution in [0.5, 0.6) is 6.01 Å². The fraction of sp³-hybridized carbons (Fsp3) is 0.500. The van der Waals surface area contributed by atoms with E-state index in [4.69, 9.17) is 20.2 Å². The number of thiazole rings is 1. The molecule has 0 amide bonds. The number of ether oxygens (including phenoxy) is 2. The second-order valence-corrected chi connectivity index (χ2v) is 12.5. The zero-order chi connectivity index (χ0) is 27.9. The molecular formula is C28H28F3N7O2S. The average Bonchev–Trinajstić information content (AvgIpc) is 3.35. The molecule has 2 N–H and O–H groups in total. The SMILES string of the molecule is Nc1nc2c(-c3ncc4c(N5CCCOC6CC65)nc(OC[C@@]56CCCN5C[C@H](F)C6)nc4c3F)ccc(F)c2s1. The van der Waals surface area contributed by atoms with E-state index in [0.29, 0.717) is 42.9 Å². The quantitative estimate of drug-likeness (QED) is 0.364. The highest BCUT2D eigenvalue weighted by Gasteiger charge is 2.50. The van der Waals surface area contributed by atoms with Crippen LogP contribution in [0.2, 0.25) is 0 Å². The Labute approximate surface area is 237 Å². The molecule has 214 valence electrons. The van der Waals surface area contributed by atoms with Crippen LogP contribution in [-0.2, 0) is 4.74 Å². The number of fused-ring (bicyclic) bond motifs is 4. The first-order valence-corrected chi connectivity index (χ1v) is 14.8. The Kier molecular flexibility index (Phi) is 5.81. The van der Waals surface area contributed by atoms with Crippen LogP contribution in [0, 0.1) is 11.6 Å². The molecular weight excluding hydrogens is 555 g/mol. The van der Waals surface area contributed by atoms with E-state index < -0.39 is 23.3 Å². The summed E-state index contributed by atoms with van der Waals surface area (Å²) in [5.41, 5.74) is 6.07. The van der Waals surface area contributed by atoms with Crippen LogP contribution in [0.1, 0.15) is 32.1 Å². The van der Waals surface area contributed by atoms with Gasteiger partial charge in [-0.25, -0.2) is 18.2 Å². The number of hydrogen-bond donors (Lipinski definition) is 1. The molecule has 0 radical (unpaired) electrons. The molecule has 1 aromatic carbocycles. The Balaban J connectivity index is 1.25. The van der Waals surface area contributed by atoms with Crippen molar-refractivity contribution in [3.63, 3.8) is 0 Å². The van der Waals surface area contributed by atoms with E-state index in [1.807, 2.05) is 0 Å². The molecule has 3 aromatic heterocycles. The fourth-order valence-electron chi connectivity index (χ4n) is 6.89. The van der Waals surface area contributed by atoms with Gasteiger partial charge in [0.25, 0.3) is 0 Å². The van der Waals surface area contributed by atoms with Crippen molar-refractivity contribution in [3.8, 4) is 17.3 Å². The molecule has 4 aromatic rings. The van der Waals surface area contributed by atoms with Crippen LogP contribution in [0.25, 0.3) is 32.4 Å². The van der Waals surface area contributed by atoms with Gasteiger partial charge in [0.2, 0.25) is 0 Å². The van der Waals surface area contributed by atoms with E-state index in [-0.39, 0.29) is 51.3 Å². The van der Waals surface area contributed by atoms with Crippen LogP contribution < -0.4 is 15.4 Å². The van der Waals surface area contributed by atoms with Crippen LogP contribution in [0.3, 0.4) is 0 Å². The number of halogens is 3. The van der Waals surface area contributed by atoms with Crippen LogP contribution in [-0.4, -0.2) is 81.5 Å². The summed E-state index contributed by atoms with van der Waals surface area (Å²) < 4.78 is 57.7. The topological polar surface area (TPSA) is 103 Å². The number of hydrogen-bond acceptors (Lipinski definition) is 10. The normalized spacial score (nSPS) is 27.8. The first-order chi connectivity index (χ1) is 19.9.